The van der Waals surface area contributed by atoms with E-state index < -0.39 is 0 Å². The topological polar surface area (TPSA) is 81.4 Å². The van der Waals surface area contributed by atoms with Gasteiger partial charge in [-0.3, -0.25) is 4.79 Å². The van der Waals surface area contributed by atoms with Crippen molar-refractivity contribution >= 4 is 35.5 Å². The minimum Gasteiger partial charge on any atom is -0.489 e. The summed E-state index contributed by atoms with van der Waals surface area (Å²) in [5.41, 5.74) is 5.43. The highest BCUT2D eigenvalue weighted by Crippen LogP contribution is 2.25. The van der Waals surface area contributed by atoms with Crippen LogP contribution >= 0.6 is 23.4 Å². The van der Waals surface area contributed by atoms with Crippen molar-refractivity contribution in [3.63, 3.8) is 0 Å². The Morgan fingerprint density at radius 3 is 2.51 bits per heavy atom. The molecule has 1 N–H and O–H groups in total. The maximum Gasteiger partial charge on any atom is 0.250 e. The van der Waals surface area contributed by atoms with Gasteiger partial charge in [0.1, 0.15) is 12.4 Å². The molecule has 0 bridgehead atoms. The number of benzene rings is 3. The fourth-order valence-corrected chi connectivity index (χ4v) is 4.15. The number of carbonyl (C=O) groups excluding carboxylic acids is 1. The van der Waals surface area contributed by atoms with Gasteiger partial charge in [0.15, 0.2) is 11.0 Å². The highest BCUT2D eigenvalue weighted by atomic mass is 35.5. The van der Waals surface area contributed by atoms with Gasteiger partial charge in [0.05, 0.1) is 12.0 Å². The van der Waals surface area contributed by atoms with Crippen molar-refractivity contribution in [1.82, 2.24) is 20.2 Å². The quantitative estimate of drug-likeness (QED) is 0.176. The Hall–Kier alpha value is -3.62. The van der Waals surface area contributed by atoms with E-state index in [2.05, 4.69) is 20.7 Å². The average Bonchev–Trinajstić information content (AvgIpc) is 3.31. The van der Waals surface area contributed by atoms with Crippen LogP contribution in [0.15, 0.2) is 89.1 Å². The normalized spacial score (nSPS) is 11.0. The number of amides is 1. The summed E-state index contributed by atoms with van der Waals surface area (Å²) in [6.45, 7) is 3.20. The maximum atomic E-state index is 12.3. The molecule has 0 unspecified atom stereocenters. The van der Waals surface area contributed by atoms with E-state index in [0.29, 0.717) is 23.3 Å². The molecule has 1 heterocycles. The molecule has 0 aliphatic rings. The van der Waals surface area contributed by atoms with Crippen molar-refractivity contribution in [2.24, 2.45) is 5.10 Å². The molecule has 0 radical (unpaired) electrons. The molecule has 0 saturated heterocycles. The van der Waals surface area contributed by atoms with E-state index in [4.69, 9.17) is 16.3 Å². The first-order chi connectivity index (χ1) is 17.1. The molecule has 3 aromatic carbocycles. The second-order valence-electron chi connectivity index (χ2n) is 7.48. The van der Waals surface area contributed by atoms with Crippen LogP contribution in [0.5, 0.6) is 5.75 Å². The van der Waals surface area contributed by atoms with Crippen LogP contribution in [0.2, 0.25) is 5.02 Å². The number of hydrogen-bond acceptors (Lipinski definition) is 6. The van der Waals surface area contributed by atoms with Crippen molar-refractivity contribution in [1.29, 1.82) is 0 Å². The number of aromatic nitrogens is 3. The second-order valence-corrected chi connectivity index (χ2v) is 8.86. The number of ether oxygens (including phenoxy) is 1. The van der Waals surface area contributed by atoms with E-state index in [1.807, 2.05) is 90.4 Å². The molecule has 7 nitrogen and oxygen atoms in total. The van der Waals surface area contributed by atoms with Crippen LogP contribution in [-0.2, 0) is 17.9 Å². The Morgan fingerprint density at radius 2 is 1.80 bits per heavy atom. The van der Waals surface area contributed by atoms with Gasteiger partial charge in [-0.2, -0.15) is 5.10 Å². The zero-order chi connectivity index (χ0) is 24.5. The lowest BCUT2D eigenvalue weighted by molar-refractivity contribution is -0.118. The number of nitrogens with zero attached hydrogens (tertiary/aromatic N) is 4. The largest absolute Gasteiger partial charge is 0.489 e. The summed E-state index contributed by atoms with van der Waals surface area (Å²) in [6, 6.07) is 24.9. The van der Waals surface area contributed by atoms with Crippen LogP contribution in [0, 0.1) is 0 Å². The van der Waals surface area contributed by atoms with Crippen LogP contribution in [0.1, 0.15) is 18.1 Å². The lowest BCUT2D eigenvalue weighted by Gasteiger charge is -2.07. The lowest BCUT2D eigenvalue weighted by Crippen LogP contribution is -2.20. The van der Waals surface area contributed by atoms with Crippen LogP contribution in [0.3, 0.4) is 0 Å². The third-order valence-electron chi connectivity index (χ3n) is 5.00. The Labute approximate surface area is 213 Å². The molecule has 9 heteroatoms. The van der Waals surface area contributed by atoms with E-state index in [-0.39, 0.29) is 11.7 Å². The minimum atomic E-state index is -0.229. The fourth-order valence-electron chi connectivity index (χ4n) is 3.23. The first-order valence-electron chi connectivity index (χ1n) is 11.0. The molecule has 4 aromatic rings. The molecule has 0 atom stereocenters. The zero-order valence-electron chi connectivity index (χ0n) is 19.1. The minimum absolute atomic E-state index is 0.169. The van der Waals surface area contributed by atoms with Gasteiger partial charge in [0.25, 0.3) is 5.91 Å². The summed E-state index contributed by atoms with van der Waals surface area (Å²) >= 11 is 7.29. The number of hydrogen-bond donors (Lipinski definition) is 1. The van der Waals surface area contributed by atoms with Crippen LogP contribution < -0.4 is 10.2 Å². The van der Waals surface area contributed by atoms with E-state index in [1.54, 1.807) is 6.21 Å². The summed E-state index contributed by atoms with van der Waals surface area (Å²) < 4.78 is 7.75. The van der Waals surface area contributed by atoms with Crippen molar-refractivity contribution in [3.05, 3.63) is 95.0 Å². The van der Waals surface area contributed by atoms with E-state index in [1.165, 1.54) is 11.8 Å². The van der Waals surface area contributed by atoms with Crippen molar-refractivity contribution < 1.29 is 9.53 Å². The summed E-state index contributed by atoms with van der Waals surface area (Å²) in [5, 5.41) is 13.9. The molecule has 0 fully saturated rings. The molecule has 0 spiro atoms. The number of halogens is 1. The van der Waals surface area contributed by atoms with Crippen molar-refractivity contribution in [2.75, 3.05) is 5.75 Å². The van der Waals surface area contributed by atoms with E-state index >= 15 is 0 Å². The summed E-state index contributed by atoms with van der Waals surface area (Å²) in [6.07, 6.45) is 1.59. The van der Waals surface area contributed by atoms with E-state index in [0.717, 1.165) is 28.3 Å². The van der Waals surface area contributed by atoms with Gasteiger partial charge in [-0.05, 0) is 66.6 Å². The molecule has 35 heavy (non-hydrogen) atoms. The number of carbonyl (C=O) groups is 1. The summed E-state index contributed by atoms with van der Waals surface area (Å²) in [5.74, 6) is 1.45. The molecule has 0 saturated carbocycles. The second kappa shape index (κ2) is 12.2. The smallest absolute Gasteiger partial charge is 0.250 e. The number of rotatable bonds is 10. The highest BCUT2D eigenvalue weighted by Gasteiger charge is 2.14. The van der Waals surface area contributed by atoms with Crippen molar-refractivity contribution in [3.8, 4) is 17.1 Å². The molecule has 4 rings (SSSR count). The fraction of sp³-hybridized carbons (Fsp3) is 0.154. The predicted octanol–water partition coefficient (Wildman–Crippen LogP) is 5.44. The average molecular weight is 506 g/mol. The standard InChI is InChI=1S/C26H24ClN5O2S/c1-2-32-25(21-10-12-22(27)13-11-21)30-31-26(32)35-18-24(33)29-28-16-19-8-14-23(15-9-19)34-17-20-6-4-3-5-7-20/h3-16H,2,17-18H2,1H3,(H,29,33)/b28-16+. The third kappa shape index (κ3) is 6.94. The molecule has 0 aliphatic carbocycles. The van der Waals surface area contributed by atoms with Crippen molar-refractivity contribution in [2.45, 2.75) is 25.2 Å². The summed E-state index contributed by atoms with van der Waals surface area (Å²) in [4.78, 5) is 12.3. The Bertz CT molecular complexity index is 1280. The molecule has 1 aromatic heterocycles. The lowest BCUT2D eigenvalue weighted by atomic mass is 10.2. The van der Waals surface area contributed by atoms with Gasteiger partial charge in [-0.15, -0.1) is 10.2 Å². The van der Waals surface area contributed by atoms with Crippen LogP contribution in [0.25, 0.3) is 11.4 Å². The number of nitrogens with one attached hydrogen (secondary N) is 1. The Kier molecular flexibility index (Phi) is 8.53. The monoisotopic (exact) mass is 505 g/mol. The molecular weight excluding hydrogens is 482 g/mol. The molecular formula is C26H24ClN5O2S. The van der Waals surface area contributed by atoms with Gasteiger partial charge in [-0.25, -0.2) is 5.43 Å². The predicted molar refractivity (Wildman–Crippen MR) is 140 cm³/mol. The maximum absolute atomic E-state index is 12.3. The van der Waals surface area contributed by atoms with Crippen LogP contribution in [0.4, 0.5) is 0 Å². The molecule has 1 amide bonds. The number of hydrazone groups is 1. The SMILES string of the molecule is CCn1c(SCC(=O)N/N=C/c2ccc(OCc3ccccc3)cc2)nnc1-c1ccc(Cl)cc1. The Balaban J connectivity index is 1.25. The first-order valence-corrected chi connectivity index (χ1v) is 12.4. The first kappa shape index (κ1) is 24.5. The highest BCUT2D eigenvalue weighted by molar-refractivity contribution is 7.99. The summed E-state index contributed by atoms with van der Waals surface area (Å²) in [7, 11) is 0. The van der Waals surface area contributed by atoms with Gasteiger partial charge in [0, 0.05) is 17.1 Å². The Morgan fingerprint density at radius 1 is 1.06 bits per heavy atom. The van der Waals surface area contributed by atoms with Gasteiger partial charge < -0.3 is 9.30 Å². The number of thioether (sulfide) groups is 1. The molecule has 178 valence electrons. The zero-order valence-corrected chi connectivity index (χ0v) is 20.7. The van der Waals surface area contributed by atoms with Gasteiger partial charge in [-0.1, -0.05) is 53.7 Å². The van der Waals surface area contributed by atoms with Gasteiger partial charge >= 0.3 is 0 Å². The van der Waals surface area contributed by atoms with E-state index in [9.17, 15) is 4.79 Å². The van der Waals surface area contributed by atoms with Crippen LogP contribution in [-0.4, -0.2) is 32.6 Å². The third-order valence-corrected chi connectivity index (χ3v) is 6.22. The molecule has 0 aliphatic heterocycles. The van der Waals surface area contributed by atoms with Gasteiger partial charge in [0.2, 0.25) is 0 Å².